The number of hydrogen-bond donors (Lipinski definition) is 2. The van der Waals surface area contributed by atoms with Crippen LogP contribution in [0.5, 0.6) is 5.88 Å². The Kier molecular flexibility index (Phi) is 3.46. The van der Waals surface area contributed by atoms with E-state index < -0.39 is 0 Å². The lowest BCUT2D eigenvalue weighted by molar-refractivity contribution is 0.399. The van der Waals surface area contributed by atoms with Crippen molar-refractivity contribution in [3.8, 4) is 5.88 Å². The van der Waals surface area contributed by atoms with E-state index in [1.165, 1.54) is 6.42 Å². The number of methoxy groups -OCH3 is 1. The summed E-state index contributed by atoms with van der Waals surface area (Å²) in [5, 5.41) is 6.72. The number of nitrogens with zero attached hydrogens (tertiary/aromatic N) is 2. The second kappa shape index (κ2) is 5.40. The second-order valence-electron chi connectivity index (χ2n) is 4.81. The van der Waals surface area contributed by atoms with E-state index >= 15 is 0 Å². The van der Waals surface area contributed by atoms with E-state index in [2.05, 4.69) is 20.6 Å². The molecule has 1 aromatic carbocycles. The maximum absolute atomic E-state index is 5.32. The van der Waals surface area contributed by atoms with Gasteiger partial charge >= 0.3 is 0 Å². The van der Waals surface area contributed by atoms with Gasteiger partial charge in [-0.25, -0.2) is 9.97 Å². The third kappa shape index (κ3) is 2.61. The molecule has 1 saturated heterocycles. The largest absolute Gasteiger partial charge is 0.478 e. The van der Waals surface area contributed by atoms with Crippen LogP contribution in [-0.4, -0.2) is 36.7 Å². The third-order valence-electron chi connectivity index (χ3n) is 3.45. The molecule has 5 heteroatoms. The average Bonchev–Trinajstić information content (AvgIpc) is 2.97. The first-order valence-corrected chi connectivity index (χ1v) is 6.62. The van der Waals surface area contributed by atoms with Gasteiger partial charge in [0.05, 0.1) is 18.1 Å². The van der Waals surface area contributed by atoms with Crippen LogP contribution in [0.2, 0.25) is 0 Å². The molecule has 0 amide bonds. The number of benzene rings is 1. The Labute approximate surface area is 112 Å². The summed E-state index contributed by atoms with van der Waals surface area (Å²) in [6.07, 6.45) is 1.20. The third-order valence-corrected chi connectivity index (χ3v) is 3.45. The van der Waals surface area contributed by atoms with Gasteiger partial charge in [0, 0.05) is 6.54 Å². The molecule has 1 aromatic heterocycles. The van der Waals surface area contributed by atoms with Crippen LogP contribution < -0.4 is 15.4 Å². The van der Waals surface area contributed by atoms with Gasteiger partial charge < -0.3 is 15.4 Å². The number of hydrogen-bond acceptors (Lipinski definition) is 5. The van der Waals surface area contributed by atoms with Crippen LogP contribution in [0.15, 0.2) is 24.3 Å². The van der Waals surface area contributed by atoms with Crippen LogP contribution in [0.1, 0.15) is 6.42 Å². The SMILES string of the molecule is COc1nc2ccccc2nc1NC[C@H]1CCNC1. The van der Waals surface area contributed by atoms with Gasteiger partial charge in [-0.05, 0) is 37.6 Å². The normalized spacial score (nSPS) is 18.7. The number of fused-ring (bicyclic) bond motifs is 1. The molecule has 5 nitrogen and oxygen atoms in total. The zero-order valence-corrected chi connectivity index (χ0v) is 11.0. The predicted octanol–water partition coefficient (Wildman–Crippen LogP) is 1.66. The Bertz CT molecular complexity index is 566. The molecule has 100 valence electrons. The topological polar surface area (TPSA) is 59.1 Å². The van der Waals surface area contributed by atoms with Crippen LogP contribution in [0.3, 0.4) is 0 Å². The number of aromatic nitrogens is 2. The van der Waals surface area contributed by atoms with E-state index in [9.17, 15) is 0 Å². The summed E-state index contributed by atoms with van der Waals surface area (Å²) in [5.74, 6) is 1.94. The standard InChI is InChI=1S/C14H18N4O/c1-19-14-13(16-9-10-6-7-15-8-10)17-11-4-2-3-5-12(11)18-14/h2-5,10,15H,6-9H2,1H3,(H,16,17)/t10-/m0/s1. The first kappa shape index (κ1) is 12.2. The Balaban J connectivity index is 1.83. The summed E-state index contributed by atoms with van der Waals surface area (Å²) in [7, 11) is 1.63. The maximum atomic E-state index is 5.32. The molecule has 0 aliphatic carbocycles. The van der Waals surface area contributed by atoms with E-state index in [4.69, 9.17) is 4.74 Å². The zero-order valence-electron chi connectivity index (χ0n) is 11.0. The van der Waals surface area contributed by atoms with Crippen LogP contribution in [0, 0.1) is 5.92 Å². The predicted molar refractivity (Wildman–Crippen MR) is 75.6 cm³/mol. The summed E-state index contributed by atoms with van der Waals surface area (Å²) >= 11 is 0. The highest BCUT2D eigenvalue weighted by Gasteiger charge is 2.16. The van der Waals surface area contributed by atoms with Gasteiger partial charge in [-0.3, -0.25) is 0 Å². The van der Waals surface area contributed by atoms with E-state index in [-0.39, 0.29) is 0 Å². The van der Waals surface area contributed by atoms with Crippen molar-refractivity contribution in [3.63, 3.8) is 0 Å². The Hall–Kier alpha value is -1.88. The highest BCUT2D eigenvalue weighted by molar-refractivity contribution is 5.77. The number of para-hydroxylation sites is 2. The highest BCUT2D eigenvalue weighted by atomic mass is 16.5. The van der Waals surface area contributed by atoms with Gasteiger partial charge in [-0.1, -0.05) is 12.1 Å². The lowest BCUT2D eigenvalue weighted by atomic mass is 10.1. The van der Waals surface area contributed by atoms with Crippen molar-refractivity contribution in [2.45, 2.75) is 6.42 Å². The molecule has 0 bridgehead atoms. The summed E-state index contributed by atoms with van der Waals surface area (Å²) < 4.78 is 5.32. The smallest absolute Gasteiger partial charge is 0.257 e. The van der Waals surface area contributed by atoms with Gasteiger partial charge in [-0.2, -0.15) is 0 Å². The van der Waals surface area contributed by atoms with Gasteiger partial charge in [0.2, 0.25) is 0 Å². The molecule has 0 spiro atoms. The van der Waals surface area contributed by atoms with Gasteiger partial charge in [0.1, 0.15) is 0 Å². The molecule has 2 aromatic rings. The fraction of sp³-hybridized carbons (Fsp3) is 0.429. The van der Waals surface area contributed by atoms with Crippen molar-refractivity contribution in [1.82, 2.24) is 15.3 Å². The Morgan fingerprint density at radius 2 is 2.11 bits per heavy atom. The molecule has 0 saturated carbocycles. The monoisotopic (exact) mass is 258 g/mol. The molecule has 0 unspecified atom stereocenters. The minimum atomic E-state index is 0.560. The van der Waals surface area contributed by atoms with Crippen molar-refractivity contribution >= 4 is 16.9 Å². The maximum Gasteiger partial charge on any atom is 0.257 e. The molecule has 2 N–H and O–H groups in total. The fourth-order valence-corrected chi connectivity index (χ4v) is 2.37. The summed E-state index contributed by atoms with van der Waals surface area (Å²) in [5.41, 5.74) is 1.74. The van der Waals surface area contributed by atoms with Crippen LogP contribution in [-0.2, 0) is 0 Å². The van der Waals surface area contributed by atoms with Crippen LogP contribution >= 0.6 is 0 Å². The minimum absolute atomic E-state index is 0.560. The number of anilines is 1. The van der Waals surface area contributed by atoms with E-state index in [0.717, 1.165) is 36.5 Å². The second-order valence-corrected chi connectivity index (χ2v) is 4.81. The van der Waals surface area contributed by atoms with Gasteiger partial charge in [0.25, 0.3) is 5.88 Å². The molecule has 1 atom stereocenters. The molecular weight excluding hydrogens is 240 g/mol. The van der Waals surface area contributed by atoms with E-state index in [0.29, 0.717) is 11.8 Å². The summed E-state index contributed by atoms with van der Waals surface area (Å²) in [6.45, 7) is 3.07. The number of ether oxygens (including phenoxy) is 1. The highest BCUT2D eigenvalue weighted by Crippen LogP contribution is 2.23. The molecule has 19 heavy (non-hydrogen) atoms. The molecule has 3 rings (SSSR count). The first-order chi connectivity index (χ1) is 9.36. The van der Waals surface area contributed by atoms with Crippen molar-refractivity contribution < 1.29 is 4.74 Å². The number of rotatable bonds is 4. The van der Waals surface area contributed by atoms with E-state index in [1.807, 2.05) is 24.3 Å². The molecular formula is C14H18N4O. The number of nitrogens with one attached hydrogen (secondary N) is 2. The fourth-order valence-electron chi connectivity index (χ4n) is 2.37. The van der Waals surface area contributed by atoms with Crippen molar-refractivity contribution in [2.24, 2.45) is 5.92 Å². The van der Waals surface area contributed by atoms with Crippen LogP contribution in [0.25, 0.3) is 11.0 Å². The molecule has 1 aliphatic heterocycles. The molecule has 2 heterocycles. The first-order valence-electron chi connectivity index (χ1n) is 6.62. The van der Waals surface area contributed by atoms with E-state index in [1.54, 1.807) is 7.11 Å². The quantitative estimate of drug-likeness (QED) is 0.873. The minimum Gasteiger partial charge on any atom is -0.478 e. The zero-order chi connectivity index (χ0) is 13.1. The van der Waals surface area contributed by atoms with Crippen molar-refractivity contribution in [2.75, 3.05) is 32.1 Å². The lowest BCUT2D eigenvalue weighted by Crippen LogP contribution is -2.18. The van der Waals surface area contributed by atoms with Gasteiger partial charge in [-0.15, -0.1) is 0 Å². The van der Waals surface area contributed by atoms with Crippen molar-refractivity contribution in [3.05, 3.63) is 24.3 Å². The summed E-state index contributed by atoms with van der Waals surface area (Å²) in [6, 6.07) is 7.82. The molecule has 1 aliphatic rings. The lowest BCUT2D eigenvalue weighted by Gasteiger charge is -2.13. The molecule has 1 fully saturated rings. The summed E-state index contributed by atoms with van der Waals surface area (Å²) in [4.78, 5) is 9.06. The van der Waals surface area contributed by atoms with Crippen molar-refractivity contribution in [1.29, 1.82) is 0 Å². The van der Waals surface area contributed by atoms with Crippen LogP contribution in [0.4, 0.5) is 5.82 Å². The Morgan fingerprint density at radius 3 is 2.79 bits per heavy atom. The average molecular weight is 258 g/mol. The molecule has 0 radical (unpaired) electrons. The Morgan fingerprint density at radius 1 is 1.32 bits per heavy atom. The van der Waals surface area contributed by atoms with Gasteiger partial charge in [0.15, 0.2) is 5.82 Å².